The highest BCUT2D eigenvalue weighted by Gasteiger charge is 2.27. The average Bonchev–Trinajstić information content (AvgIpc) is 2.85. The fraction of sp³-hybridized carbons (Fsp3) is 0.333. The van der Waals surface area contributed by atoms with Crippen molar-refractivity contribution in [1.29, 1.82) is 0 Å². The smallest absolute Gasteiger partial charge is 0.335 e. The van der Waals surface area contributed by atoms with Crippen molar-refractivity contribution in [2.75, 3.05) is 4.72 Å². The number of nitrogens with one attached hydrogen (secondary N) is 1. The molecule has 0 unspecified atom stereocenters. The molecule has 2 aromatic rings. The maximum Gasteiger partial charge on any atom is 0.335 e. The van der Waals surface area contributed by atoms with Gasteiger partial charge < -0.3 is 5.11 Å². The van der Waals surface area contributed by atoms with Crippen molar-refractivity contribution in [3.05, 3.63) is 41.0 Å². The summed E-state index contributed by atoms with van der Waals surface area (Å²) in [5, 5.41) is 13.2. The van der Waals surface area contributed by atoms with Crippen LogP contribution in [0.25, 0.3) is 0 Å². The highest BCUT2D eigenvalue weighted by molar-refractivity contribution is 7.92. The van der Waals surface area contributed by atoms with Crippen molar-refractivity contribution >= 4 is 21.7 Å². The monoisotopic (exact) mass is 355 g/mol. The molecule has 2 rings (SSSR count). The predicted molar refractivity (Wildman–Crippen MR) is 86.1 cm³/mol. The molecule has 2 N–H and O–H groups in total. The van der Waals surface area contributed by atoms with E-state index in [0.29, 0.717) is 24.2 Å². The number of aromatic carboxylic acids is 1. The quantitative estimate of drug-likeness (QED) is 0.827. The van der Waals surface area contributed by atoms with Gasteiger partial charge in [-0.25, -0.2) is 17.6 Å². The molecule has 0 aliphatic heterocycles. The fourth-order valence-corrected chi connectivity index (χ4v) is 4.09. The Balaban J connectivity index is 2.54. The highest BCUT2D eigenvalue weighted by atomic mass is 32.2. The Labute approximate surface area is 139 Å². The second-order valence-corrected chi connectivity index (χ2v) is 6.78. The Kier molecular flexibility index (Phi) is 4.93. The topological polar surface area (TPSA) is 101 Å². The van der Waals surface area contributed by atoms with E-state index < -0.39 is 27.5 Å². The van der Waals surface area contributed by atoms with E-state index in [1.54, 1.807) is 20.9 Å². The number of nitrogens with zero attached hydrogens (tertiary/aromatic N) is 2. The molecular weight excluding hydrogens is 337 g/mol. The number of carboxylic acids is 1. The third kappa shape index (κ3) is 3.25. The Morgan fingerprint density at radius 2 is 2.00 bits per heavy atom. The first-order valence-electron chi connectivity index (χ1n) is 7.31. The summed E-state index contributed by atoms with van der Waals surface area (Å²) in [5.74, 6) is -2.14. The van der Waals surface area contributed by atoms with Crippen LogP contribution in [0.3, 0.4) is 0 Å². The summed E-state index contributed by atoms with van der Waals surface area (Å²) in [6, 6.07) is 2.92. The number of hydrogen-bond acceptors (Lipinski definition) is 4. The van der Waals surface area contributed by atoms with Gasteiger partial charge in [-0.3, -0.25) is 9.40 Å². The summed E-state index contributed by atoms with van der Waals surface area (Å²) in [6.07, 6.45) is 0.819. The van der Waals surface area contributed by atoms with Crippen LogP contribution < -0.4 is 4.72 Å². The summed E-state index contributed by atoms with van der Waals surface area (Å²) in [6.45, 7) is 3.56. The van der Waals surface area contributed by atoms with E-state index >= 15 is 0 Å². The zero-order valence-electron chi connectivity index (χ0n) is 13.5. The van der Waals surface area contributed by atoms with Crippen molar-refractivity contribution in [3.8, 4) is 0 Å². The van der Waals surface area contributed by atoms with Crippen LogP contribution in [0, 0.1) is 5.82 Å². The van der Waals surface area contributed by atoms with Gasteiger partial charge in [0.05, 0.1) is 22.6 Å². The summed E-state index contributed by atoms with van der Waals surface area (Å²) in [7, 11) is -2.47. The van der Waals surface area contributed by atoms with Gasteiger partial charge in [-0.1, -0.05) is 13.8 Å². The van der Waals surface area contributed by atoms with E-state index in [-0.39, 0.29) is 10.5 Å². The van der Waals surface area contributed by atoms with E-state index in [9.17, 15) is 17.6 Å². The molecule has 0 saturated carbocycles. The molecule has 1 aromatic heterocycles. The first kappa shape index (κ1) is 17.9. The Morgan fingerprint density at radius 1 is 1.33 bits per heavy atom. The SMILES string of the molecule is CCc1nn(C)c(CC)c1S(=O)(=O)Nc1cc(C(=O)O)ccc1F. The molecule has 1 aromatic carbocycles. The lowest BCUT2D eigenvalue weighted by Gasteiger charge is -2.11. The Morgan fingerprint density at radius 3 is 2.54 bits per heavy atom. The van der Waals surface area contributed by atoms with E-state index in [1.165, 1.54) is 4.68 Å². The van der Waals surface area contributed by atoms with Gasteiger partial charge in [0.15, 0.2) is 0 Å². The van der Waals surface area contributed by atoms with Crippen LogP contribution in [0.4, 0.5) is 10.1 Å². The lowest BCUT2D eigenvalue weighted by molar-refractivity contribution is 0.0697. The molecule has 0 aliphatic rings. The molecule has 130 valence electrons. The third-order valence-electron chi connectivity index (χ3n) is 3.58. The zero-order valence-corrected chi connectivity index (χ0v) is 14.3. The van der Waals surface area contributed by atoms with Crippen LogP contribution >= 0.6 is 0 Å². The number of carbonyl (C=O) groups is 1. The molecule has 7 nitrogen and oxygen atoms in total. The number of sulfonamides is 1. The Hall–Kier alpha value is -2.42. The molecule has 9 heteroatoms. The Bertz CT molecular complexity index is 890. The molecule has 0 amide bonds. The molecular formula is C15H18FN3O4S. The minimum atomic E-state index is -4.11. The average molecular weight is 355 g/mol. The first-order valence-corrected chi connectivity index (χ1v) is 8.80. The number of benzene rings is 1. The van der Waals surface area contributed by atoms with Gasteiger partial charge in [0, 0.05) is 7.05 Å². The fourth-order valence-electron chi connectivity index (χ4n) is 2.46. The largest absolute Gasteiger partial charge is 0.478 e. The molecule has 24 heavy (non-hydrogen) atoms. The lowest BCUT2D eigenvalue weighted by Crippen LogP contribution is -2.17. The van der Waals surface area contributed by atoms with Crippen molar-refractivity contribution in [1.82, 2.24) is 9.78 Å². The second kappa shape index (κ2) is 6.60. The van der Waals surface area contributed by atoms with E-state index in [0.717, 1.165) is 18.2 Å². The molecule has 0 bridgehead atoms. The van der Waals surface area contributed by atoms with Gasteiger partial charge in [0.1, 0.15) is 10.7 Å². The molecule has 0 atom stereocenters. The van der Waals surface area contributed by atoms with Crippen LogP contribution in [0.5, 0.6) is 0 Å². The molecule has 1 heterocycles. The third-order valence-corrected chi connectivity index (χ3v) is 5.08. The number of aryl methyl sites for hydroxylation is 2. The predicted octanol–water partition coefficient (Wildman–Crippen LogP) is 2.18. The van der Waals surface area contributed by atoms with Gasteiger partial charge >= 0.3 is 5.97 Å². The normalized spacial score (nSPS) is 11.5. The maximum absolute atomic E-state index is 13.9. The number of carboxylic acid groups (broad SMARTS) is 1. The minimum absolute atomic E-state index is 0.00938. The van der Waals surface area contributed by atoms with Crippen LogP contribution in [0.15, 0.2) is 23.1 Å². The molecule has 0 aliphatic carbocycles. The van der Waals surface area contributed by atoms with Gasteiger partial charge in [-0.05, 0) is 31.0 Å². The van der Waals surface area contributed by atoms with Crippen molar-refractivity contribution < 1.29 is 22.7 Å². The van der Waals surface area contributed by atoms with E-state index in [4.69, 9.17) is 5.11 Å². The van der Waals surface area contributed by atoms with Crippen molar-refractivity contribution in [3.63, 3.8) is 0 Å². The van der Waals surface area contributed by atoms with Crippen molar-refractivity contribution in [2.45, 2.75) is 31.6 Å². The maximum atomic E-state index is 13.9. The summed E-state index contributed by atoms with van der Waals surface area (Å²) < 4.78 is 43.0. The summed E-state index contributed by atoms with van der Waals surface area (Å²) in [4.78, 5) is 11.0. The zero-order chi connectivity index (χ0) is 18.1. The molecule has 0 fully saturated rings. The van der Waals surface area contributed by atoms with Crippen LogP contribution in [0.2, 0.25) is 0 Å². The molecule has 0 saturated heterocycles. The minimum Gasteiger partial charge on any atom is -0.478 e. The van der Waals surface area contributed by atoms with Gasteiger partial charge in [0.2, 0.25) is 0 Å². The van der Waals surface area contributed by atoms with E-state index in [2.05, 4.69) is 9.82 Å². The molecule has 0 spiro atoms. The van der Waals surface area contributed by atoms with Crippen LogP contribution in [-0.2, 0) is 29.9 Å². The first-order chi connectivity index (χ1) is 11.2. The van der Waals surface area contributed by atoms with Crippen molar-refractivity contribution in [2.24, 2.45) is 7.05 Å². The van der Waals surface area contributed by atoms with Gasteiger partial charge in [0.25, 0.3) is 10.0 Å². The number of aromatic nitrogens is 2. The number of rotatable bonds is 6. The number of hydrogen-bond donors (Lipinski definition) is 2. The van der Waals surface area contributed by atoms with Gasteiger partial charge in [-0.2, -0.15) is 5.10 Å². The van der Waals surface area contributed by atoms with E-state index in [1.807, 2.05) is 0 Å². The summed E-state index contributed by atoms with van der Waals surface area (Å²) >= 11 is 0. The lowest BCUT2D eigenvalue weighted by atomic mass is 10.2. The molecule has 0 radical (unpaired) electrons. The summed E-state index contributed by atoms with van der Waals surface area (Å²) in [5.41, 5.74) is 0.236. The van der Waals surface area contributed by atoms with Crippen LogP contribution in [0.1, 0.15) is 35.6 Å². The van der Waals surface area contributed by atoms with Gasteiger partial charge in [-0.15, -0.1) is 0 Å². The number of halogens is 1. The second-order valence-electron chi connectivity index (χ2n) is 5.16. The number of anilines is 1. The van der Waals surface area contributed by atoms with Crippen LogP contribution in [-0.4, -0.2) is 29.3 Å². The highest BCUT2D eigenvalue weighted by Crippen LogP contribution is 2.26. The standard InChI is InChI=1S/C15H18FN3O4S/c1-4-11-14(13(5-2)19(3)17-11)24(22,23)18-12-8-9(15(20)21)6-7-10(12)16/h6-8,18H,4-5H2,1-3H3,(H,20,21).